The monoisotopic (exact) mass is 276 g/mol. The minimum atomic E-state index is 0.447. The summed E-state index contributed by atoms with van der Waals surface area (Å²) in [5.74, 6) is 0.867. The fraction of sp³-hybridized carbons (Fsp3) is 0.750. The molecule has 1 aromatic rings. The third-order valence-corrected chi connectivity index (χ3v) is 3.75. The van der Waals surface area contributed by atoms with Crippen LogP contribution in [0.4, 0.5) is 5.95 Å². The van der Waals surface area contributed by atoms with Gasteiger partial charge in [0.15, 0.2) is 0 Å². The van der Waals surface area contributed by atoms with Crippen LogP contribution in [0, 0.1) is 0 Å². The molecule has 0 spiro atoms. The van der Waals surface area contributed by atoms with Crippen LogP contribution in [0.5, 0.6) is 0 Å². The average molecular weight is 276 g/mol. The molecule has 4 heteroatoms. The highest BCUT2D eigenvalue weighted by Crippen LogP contribution is 2.19. The molecule has 0 atom stereocenters. The summed E-state index contributed by atoms with van der Waals surface area (Å²) in [7, 11) is 0. The standard InChI is InChI=1S/C16H28N4/c1-4-5-6-9-20(13(2)3)16-18-11-14(12-19-16)10-17-15-7-8-15/h11-13,15,17H,4-10H2,1-3H3. The van der Waals surface area contributed by atoms with Gasteiger partial charge >= 0.3 is 0 Å². The highest BCUT2D eigenvalue weighted by Gasteiger charge is 2.20. The van der Waals surface area contributed by atoms with Gasteiger partial charge in [-0.3, -0.25) is 0 Å². The van der Waals surface area contributed by atoms with Gasteiger partial charge in [0.2, 0.25) is 5.95 Å². The lowest BCUT2D eigenvalue weighted by molar-refractivity contribution is 0.610. The summed E-state index contributed by atoms with van der Waals surface area (Å²) in [5, 5.41) is 3.49. The zero-order chi connectivity index (χ0) is 14.4. The number of aromatic nitrogens is 2. The topological polar surface area (TPSA) is 41.1 Å². The van der Waals surface area contributed by atoms with E-state index in [1.165, 1.54) is 37.7 Å². The molecule has 0 aliphatic heterocycles. The van der Waals surface area contributed by atoms with Gasteiger partial charge in [0, 0.05) is 43.1 Å². The molecule has 0 radical (unpaired) electrons. The fourth-order valence-electron chi connectivity index (χ4n) is 2.26. The van der Waals surface area contributed by atoms with E-state index in [9.17, 15) is 0 Å². The van der Waals surface area contributed by atoms with Gasteiger partial charge in [0.05, 0.1) is 0 Å². The SMILES string of the molecule is CCCCCN(c1ncc(CNC2CC2)cn1)C(C)C. The van der Waals surface area contributed by atoms with E-state index in [1.54, 1.807) is 0 Å². The summed E-state index contributed by atoms with van der Waals surface area (Å²) in [4.78, 5) is 11.4. The van der Waals surface area contributed by atoms with Crippen LogP contribution in [-0.4, -0.2) is 28.6 Å². The van der Waals surface area contributed by atoms with Gasteiger partial charge < -0.3 is 10.2 Å². The van der Waals surface area contributed by atoms with E-state index < -0.39 is 0 Å². The second-order valence-corrected chi connectivity index (χ2v) is 6.04. The lowest BCUT2D eigenvalue weighted by Gasteiger charge is -2.26. The van der Waals surface area contributed by atoms with Crippen molar-refractivity contribution in [2.45, 2.75) is 71.5 Å². The fourth-order valence-corrected chi connectivity index (χ4v) is 2.26. The Bertz CT molecular complexity index is 384. The summed E-state index contributed by atoms with van der Waals surface area (Å²) in [5.41, 5.74) is 1.18. The Hall–Kier alpha value is -1.16. The molecule has 112 valence electrons. The zero-order valence-electron chi connectivity index (χ0n) is 13.1. The molecule has 4 nitrogen and oxygen atoms in total. The molecule has 0 bridgehead atoms. The molecule has 2 rings (SSSR count). The molecule has 1 N–H and O–H groups in total. The number of hydrogen-bond donors (Lipinski definition) is 1. The molecule has 0 amide bonds. The maximum absolute atomic E-state index is 4.55. The van der Waals surface area contributed by atoms with Crippen molar-refractivity contribution >= 4 is 5.95 Å². The van der Waals surface area contributed by atoms with Crippen LogP contribution in [0.2, 0.25) is 0 Å². The number of nitrogens with zero attached hydrogens (tertiary/aromatic N) is 3. The first kappa shape index (κ1) is 15.2. The van der Waals surface area contributed by atoms with E-state index in [0.29, 0.717) is 6.04 Å². The molecule has 1 aliphatic rings. The highest BCUT2D eigenvalue weighted by molar-refractivity contribution is 5.31. The van der Waals surface area contributed by atoms with Crippen LogP contribution >= 0.6 is 0 Å². The number of unbranched alkanes of at least 4 members (excludes halogenated alkanes) is 2. The van der Waals surface area contributed by atoms with Gasteiger partial charge in [-0.2, -0.15) is 0 Å². The number of hydrogen-bond acceptors (Lipinski definition) is 4. The summed E-state index contributed by atoms with van der Waals surface area (Å²) < 4.78 is 0. The average Bonchev–Trinajstić information content (AvgIpc) is 3.26. The van der Waals surface area contributed by atoms with Gasteiger partial charge in [0.1, 0.15) is 0 Å². The number of anilines is 1. The third-order valence-electron chi connectivity index (χ3n) is 3.75. The summed E-state index contributed by atoms with van der Waals surface area (Å²) in [6, 6.07) is 1.18. The Balaban J connectivity index is 1.89. The van der Waals surface area contributed by atoms with Gasteiger partial charge in [-0.05, 0) is 33.1 Å². The molecule has 1 aromatic heterocycles. The van der Waals surface area contributed by atoms with E-state index in [0.717, 1.165) is 25.1 Å². The van der Waals surface area contributed by atoms with Crippen LogP contribution < -0.4 is 10.2 Å². The van der Waals surface area contributed by atoms with Gasteiger partial charge in [-0.15, -0.1) is 0 Å². The van der Waals surface area contributed by atoms with Gasteiger partial charge in [-0.25, -0.2) is 9.97 Å². The maximum Gasteiger partial charge on any atom is 0.225 e. The Morgan fingerprint density at radius 2 is 1.95 bits per heavy atom. The van der Waals surface area contributed by atoms with E-state index in [-0.39, 0.29) is 0 Å². The Morgan fingerprint density at radius 3 is 2.50 bits per heavy atom. The second kappa shape index (κ2) is 7.58. The molecule has 20 heavy (non-hydrogen) atoms. The molecule has 0 aromatic carbocycles. The molecule has 1 saturated carbocycles. The van der Waals surface area contributed by atoms with Crippen molar-refractivity contribution in [3.8, 4) is 0 Å². The Morgan fingerprint density at radius 1 is 1.25 bits per heavy atom. The van der Waals surface area contributed by atoms with Crippen LogP contribution in [0.3, 0.4) is 0 Å². The van der Waals surface area contributed by atoms with Crippen LogP contribution in [0.1, 0.15) is 58.4 Å². The van der Waals surface area contributed by atoms with Crippen molar-refractivity contribution in [1.29, 1.82) is 0 Å². The predicted octanol–water partition coefficient (Wildman–Crippen LogP) is 3.13. The lowest BCUT2D eigenvalue weighted by atomic mass is 10.2. The normalized spacial score (nSPS) is 14.8. The zero-order valence-corrected chi connectivity index (χ0v) is 13.1. The van der Waals surface area contributed by atoms with Crippen LogP contribution in [-0.2, 0) is 6.54 Å². The Labute approximate surface area is 123 Å². The van der Waals surface area contributed by atoms with E-state index >= 15 is 0 Å². The van der Waals surface area contributed by atoms with Crippen molar-refractivity contribution < 1.29 is 0 Å². The largest absolute Gasteiger partial charge is 0.338 e. The van der Waals surface area contributed by atoms with E-state index in [1.807, 2.05) is 12.4 Å². The molecule has 0 saturated heterocycles. The lowest BCUT2D eigenvalue weighted by Crippen LogP contribution is -2.33. The van der Waals surface area contributed by atoms with Crippen molar-refractivity contribution in [1.82, 2.24) is 15.3 Å². The summed E-state index contributed by atoms with van der Waals surface area (Å²) in [6.07, 6.45) is 10.3. The van der Waals surface area contributed by atoms with Crippen LogP contribution in [0.25, 0.3) is 0 Å². The minimum absolute atomic E-state index is 0.447. The number of nitrogens with one attached hydrogen (secondary N) is 1. The Kier molecular flexibility index (Phi) is 5.77. The minimum Gasteiger partial charge on any atom is -0.338 e. The van der Waals surface area contributed by atoms with E-state index in [4.69, 9.17) is 0 Å². The van der Waals surface area contributed by atoms with Crippen molar-refractivity contribution in [3.63, 3.8) is 0 Å². The highest BCUT2D eigenvalue weighted by atomic mass is 15.3. The molecule has 1 fully saturated rings. The second-order valence-electron chi connectivity index (χ2n) is 6.04. The van der Waals surface area contributed by atoms with Crippen molar-refractivity contribution in [2.24, 2.45) is 0 Å². The van der Waals surface area contributed by atoms with Gasteiger partial charge in [0.25, 0.3) is 0 Å². The quantitative estimate of drug-likeness (QED) is 0.704. The predicted molar refractivity (Wildman–Crippen MR) is 83.9 cm³/mol. The molecule has 1 aliphatic carbocycles. The van der Waals surface area contributed by atoms with Crippen molar-refractivity contribution in [2.75, 3.05) is 11.4 Å². The first-order chi connectivity index (χ1) is 9.70. The summed E-state index contributed by atoms with van der Waals surface area (Å²) in [6.45, 7) is 8.58. The van der Waals surface area contributed by atoms with Gasteiger partial charge in [-0.1, -0.05) is 19.8 Å². The van der Waals surface area contributed by atoms with Crippen LogP contribution in [0.15, 0.2) is 12.4 Å². The molecule has 0 unspecified atom stereocenters. The molecule has 1 heterocycles. The molecular formula is C16H28N4. The van der Waals surface area contributed by atoms with E-state index in [2.05, 4.69) is 41.0 Å². The molecular weight excluding hydrogens is 248 g/mol. The maximum atomic E-state index is 4.55. The first-order valence-electron chi connectivity index (χ1n) is 8.01. The summed E-state index contributed by atoms with van der Waals surface area (Å²) >= 11 is 0. The first-order valence-corrected chi connectivity index (χ1v) is 8.01. The third kappa shape index (κ3) is 4.75. The van der Waals surface area contributed by atoms with Crippen molar-refractivity contribution in [3.05, 3.63) is 18.0 Å². The number of rotatable bonds is 9. The smallest absolute Gasteiger partial charge is 0.225 e.